The lowest BCUT2D eigenvalue weighted by Gasteiger charge is -2.38. The van der Waals surface area contributed by atoms with Crippen molar-refractivity contribution in [3.8, 4) is 11.5 Å². The van der Waals surface area contributed by atoms with E-state index in [9.17, 15) is 18.0 Å². The first-order valence-corrected chi connectivity index (χ1v) is 14.9. The van der Waals surface area contributed by atoms with Crippen LogP contribution in [0, 0.1) is 5.92 Å². The Morgan fingerprint density at radius 2 is 1.70 bits per heavy atom. The van der Waals surface area contributed by atoms with Crippen LogP contribution in [0.4, 0.5) is 5.69 Å². The molecule has 0 aliphatic carbocycles. The number of sulfonamides is 1. The first-order valence-electron chi connectivity index (χ1n) is 13.5. The fourth-order valence-electron chi connectivity index (χ4n) is 5.08. The van der Waals surface area contributed by atoms with Crippen LogP contribution >= 0.6 is 0 Å². The number of nitrogens with zero attached hydrogens (tertiary/aromatic N) is 2. The Labute approximate surface area is 234 Å². The van der Waals surface area contributed by atoms with Crippen LogP contribution in [0.2, 0.25) is 0 Å². The molecule has 2 aliphatic rings. The van der Waals surface area contributed by atoms with E-state index < -0.39 is 22.0 Å². The molecule has 5 rings (SSSR count). The van der Waals surface area contributed by atoms with Crippen molar-refractivity contribution in [2.45, 2.75) is 37.3 Å². The lowest BCUT2D eigenvalue weighted by molar-refractivity contribution is -0.129. The van der Waals surface area contributed by atoms with E-state index in [0.717, 1.165) is 5.56 Å². The van der Waals surface area contributed by atoms with Gasteiger partial charge in [0.15, 0.2) is 6.10 Å². The van der Waals surface area contributed by atoms with Gasteiger partial charge >= 0.3 is 0 Å². The highest BCUT2D eigenvalue weighted by Crippen LogP contribution is 2.35. The Morgan fingerprint density at radius 1 is 0.975 bits per heavy atom. The van der Waals surface area contributed by atoms with Crippen LogP contribution in [0.1, 0.15) is 25.3 Å². The number of carbonyl (C=O) groups excluding carboxylic acids is 2. The molecule has 9 nitrogen and oxygen atoms in total. The number of fused-ring (bicyclic) bond motifs is 1. The van der Waals surface area contributed by atoms with E-state index in [-0.39, 0.29) is 29.8 Å². The van der Waals surface area contributed by atoms with E-state index in [4.69, 9.17) is 9.47 Å². The van der Waals surface area contributed by atoms with E-state index in [1.165, 1.54) is 16.4 Å². The zero-order valence-corrected chi connectivity index (χ0v) is 23.2. The van der Waals surface area contributed by atoms with Crippen molar-refractivity contribution in [2.24, 2.45) is 5.92 Å². The second kappa shape index (κ2) is 12.1. The minimum Gasteiger partial charge on any atom is -0.494 e. The van der Waals surface area contributed by atoms with Gasteiger partial charge in [0.25, 0.3) is 5.91 Å². The summed E-state index contributed by atoms with van der Waals surface area (Å²) >= 11 is 0. The molecule has 0 aromatic heterocycles. The lowest BCUT2D eigenvalue weighted by atomic mass is 9.97. The monoisotopic (exact) mass is 563 g/mol. The fraction of sp³-hybridized carbons (Fsp3) is 0.333. The third kappa shape index (κ3) is 5.97. The van der Waals surface area contributed by atoms with Gasteiger partial charge in [0, 0.05) is 19.6 Å². The summed E-state index contributed by atoms with van der Waals surface area (Å²) in [4.78, 5) is 28.7. The summed E-state index contributed by atoms with van der Waals surface area (Å²) < 4.78 is 39.6. The summed E-state index contributed by atoms with van der Waals surface area (Å²) in [7, 11) is -3.79. The molecule has 1 saturated heterocycles. The maximum atomic E-state index is 13.9. The van der Waals surface area contributed by atoms with E-state index >= 15 is 0 Å². The SMILES string of the molecule is CCOc1ccc(S(=O)(=O)N2CCC[C@@H](C(=O)N3C[C@H](C(=O)NCc4ccccc4)Oc4ccccc43)C2)cc1. The number of piperidine rings is 1. The van der Waals surface area contributed by atoms with Gasteiger partial charge in [0.1, 0.15) is 11.5 Å². The average Bonchev–Trinajstić information content (AvgIpc) is 3.00. The van der Waals surface area contributed by atoms with Crippen molar-refractivity contribution >= 4 is 27.5 Å². The third-order valence-corrected chi connectivity index (χ3v) is 9.03. The number of anilines is 1. The number of hydrogen-bond donors (Lipinski definition) is 1. The molecule has 210 valence electrons. The molecule has 1 N–H and O–H groups in total. The number of hydrogen-bond acceptors (Lipinski definition) is 6. The molecule has 3 aromatic rings. The van der Waals surface area contributed by atoms with Gasteiger partial charge in [-0.1, -0.05) is 42.5 Å². The van der Waals surface area contributed by atoms with E-state index in [1.807, 2.05) is 43.3 Å². The quantitative estimate of drug-likeness (QED) is 0.449. The van der Waals surface area contributed by atoms with Gasteiger partial charge in [-0.3, -0.25) is 9.59 Å². The zero-order valence-electron chi connectivity index (χ0n) is 22.4. The summed E-state index contributed by atoms with van der Waals surface area (Å²) in [6.07, 6.45) is 0.216. The second-order valence-electron chi connectivity index (χ2n) is 9.83. The van der Waals surface area contributed by atoms with Gasteiger partial charge in [0.05, 0.1) is 29.7 Å². The minimum atomic E-state index is -3.79. The van der Waals surface area contributed by atoms with Gasteiger partial charge in [-0.25, -0.2) is 8.42 Å². The molecule has 40 heavy (non-hydrogen) atoms. The molecule has 2 amide bonds. The third-order valence-electron chi connectivity index (χ3n) is 7.15. The van der Waals surface area contributed by atoms with E-state index in [1.54, 1.807) is 35.2 Å². The maximum Gasteiger partial charge on any atom is 0.263 e. The molecule has 0 unspecified atom stereocenters. The van der Waals surface area contributed by atoms with E-state index in [0.29, 0.717) is 49.7 Å². The van der Waals surface area contributed by atoms with Crippen molar-refractivity contribution in [1.29, 1.82) is 0 Å². The molecule has 0 bridgehead atoms. The van der Waals surface area contributed by atoms with Gasteiger partial charge in [-0.05, 0) is 61.7 Å². The molecule has 2 atom stereocenters. The molecule has 3 aromatic carbocycles. The highest BCUT2D eigenvalue weighted by atomic mass is 32.2. The molecule has 2 aliphatic heterocycles. The van der Waals surface area contributed by atoms with Crippen molar-refractivity contribution in [3.63, 3.8) is 0 Å². The average molecular weight is 564 g/mol. The normalized spacial score (nSPS) is 19.3. The Hall–Kier alpha value is -3.89. The highest BCUT2D eigenvalue weighted by molar-refractivity contribution is 7.89. The predicted octanol–water partition coefficient (Wildman–Crippen LogP) is 3.60. The summed E-state index contributed by atoms with van der Waals surface area (Å²) in [5.41, 5.74) is 1.53. The molecule has 1 fully saturated rings. The number of carbonyl (C=O) groups is 2. The van der Waals surface area contributed by atoms with Crippen LogP contribution in [-0.2, 0) is 26.2 Å². The Morgan fingerprint density at radius 3 is 2.45 bits per heavy atom. The molecule has 0 saturated carbocycles. The lowest BCUT2D eigenvalue weighted by Crippen LogP contribution is -2.53. The number of ether oxygens (including phenoxy) is 2. The maximum absolute atomic E-state index is 13.9. The van der Waals surface area contributed by atoms with Crippen LogP contribution in [0.25, 0.3) is 0 Å². The molecular weight excluding hydrogens is 530 g/mol. The number of nitrogens with one attached hydrogen (secondary N) is 1. The predicted molar refractivity (Wildman–Crippen MR) is 151 cm³/mol. The molecule has 2 heterocycles. The number of rotatable bonds is 8. The van der Waals surface area contributed by atoms with Crippen LogP contribution in [0.15, 0.2) is 83.8 Å². The van der Waals surface area contributed by atoms with Gasteiger partial charge in [-0.15, -0.1) is 0 Å². The number of amides is 2. The minimum absolute atomic E-state index is 0.0403. The highest BCUT2D eigenvalue weighted by Gasteiger charge is 2.39. The molecule has 0 radical (unpaired) electrons. The summed E-state index contributed by atoms with van der Waals surface area (Å²) in [5.74, 6) is -0.0498. The van der Waals surface area contributed by atoms with Crippen LogP contribution in [0.3, 0.4) is 0 Å². The number of benzene rings is 3. The Bertz CT molecular complexity index is 1450. The topological polar surface area (TPSA) is 105 Å². The first kappa shape index (κ1) is 27.7. The van der Waals surface area contributed by atoms with Crippen molar-refractivity contribution in [1.82, 2.24) is 9.62 Å². The van der Waals surface area contributed by atoms with Crippen molar-refractivity contribution in [2.75, 3.05) is 31.1 Å². The van der Waals surface area contributed by atoms with E-state index in [2.05, 4.69) is 5.32 Å². The molecule has 10 heteroatoms. The van der Waals surface area contributed by atoms with Crippen LogP contribution < -0.4 is 19.7 Å². The van der Waals surface area contributed by atoms with Crippen LogP contribution in [-0.4, -0.2) is 56.9 Å². The standard InChI is InChI=1S/C30H33N3O6S/c1-2-38-24-14-16-25(17-15-24)40(36,37)32-18-8-11-23(20-32)30(35)33-21-28(39-27-13-7-6-12-26(27)33)29(34)31-19-22-9-4-3-5-10-22/h3-7,9-10,12-17,23,28H,2,8,11,18-21H2,1H3,(H,31,34)/t23-,28-/m1/s1. The zero-order chi connectivity index (χ0) is 28.1. The Balaban J connectivity index is 1.31. The van der Waals surface area contributed by atoms with Crippen molar-refractivity contribution < 1.29 is 27.5 Å². The summed E-state index contributed by atoms with van der Waals surface area (Å²) in [5, 5.41) is 2.90. The van der Waals surface area contributed by atoms with Crippen molar-refractivity contribution in [3.05, 3.63) is 84.4 Å². The molecule has 0 spiro atoms. The summed E-state index contributed by atoms with van der Waals surface area (Å²) in [6.45, 7) is 3.14. The largest absolute Gasteiger partial charge is 0.494 e. The van der Waals surface area contributed by atoms with Gasteiger partial charge < -0.3 is 19.7 Å². The second-order valence-corrected chi connectivity index (χ2v) is 11.8. The Kier molecular flexibility index (Phi) is 8.37. The summed E-state index contributed by atoms with van der Waals surface area (Å²) in [6, 6.07) is 23.0. The first-order chi connectivity index (χ1) is 19.4. The number of para-hydroxylation sites is 2. The smallest absolute Gasteiger partial charge is 0.263 e. The molecular formula is C30H33N3O6S. The fourth-order valence-corrected chi connectivity index (χ4v) is 6.61. The van der Waals surface area contributed by atoms with Crippen LogP contribution in [0.5, 0.6) is 11.5 Å². The van der Waals surface area contributed by atoms with Gasteiger partial charge in [0.2, 0.25) is 15.9 Å². The van der Waals surface area contributed by atoms with Gasteiger partial charge in [-0.2, -0.15) is 4.31 Å².